The van der Waals surface area contributed by atoms with E-state index in [9.17, 15) is 24.6 Å². The van der Waals surface area contributed by atoms with Crippen molar-refractivity contribution >= 4 is 40.5 Å². The number of phenols is 1. The number of aliphatic hydroxyl groups excluding tert-OH is 1. The SMILES string of the molecule is C#Cc1ccc(CNC(=O)[C@@H]2C[C@@H](O)CN2C(=O)[C@@H](NC(=O)N2CCC(N3CCCN(c4cnc(N5CCc6[nH]c7nnc(-c8ccccc8O)cc7c6C5C)nc4)CCC3)CC2)C(C)(C)C)cc1. The maximum atomic E-state index is 14.2. The minimum absolute atomic E-state index is 0.00510. The molecule has 69 heavy (non-hydrogen) atoms. The van der Waals surface area contributed by atoms with Gasteiger partial charge in [0.1, 0.15) is 17.8 Å². The monoisotopic (exact) mass is 937 g/mol. The summed E-state index contributed by atoms with van der Waals surface area (Å²) in [5.74, 6) is 2.71. The minimum Gasteiger partial charge on any atom is -0.507 e. The van der Waals surface area contributed by atoms with Gasteiger partial charge in [0.15, 0.2) is 5.65 Å². The zero-order chi connectivity index (χ0) is 48.4. The number of aliphatic hydroxyl groups is 1. The lowest BCUT2D eigenvalue weighted by Gasteiger charge is -2.41. The van der Waals surface area contributed by atoms with Crippen molar-refractivity contribution in [2.45, 2.75) is 103 Å². The number of hydrogen-bond donors (Lipinski definition) is 5. The second-order valence-corrected chi connectivity index (χ2v) is 20.0. The average molecular weight is 937 g/mol. The number of terminal acetylenes is 1. The molecule has 0 aliphatic carbocycles. The number of nitrogens with zero attached hydrogens (tertiary/aromatic N) is 9. The van der Waals surface area contributed by atoms with Crippen LogP contribution in [0.15, 0.2) is 67.0 Å². The number of aromatic nitrogens is 5. The van der Waals surface area contributed by atoms with Gasteiger partial charge in [0.25, 0.3) is 0 Å². The normalized spacial score (nSPS) is 21.0. The second kappa shape index (κ2) is 20.1. The van der Waals surface area contributed by atoms with Crippen LogP contribution in [-0.2, 0) is 22.6 Å². The largest absolute Gasteiger partial charge is 0.507 e. The van der Waals surface area contributed by atoms with Crippen LogP contribution in [0, 0.1) is 17.8 Å². The molecule has 0 spiro atoms. The molecule has 7 heterocycles. The lowest BCUT2D eigenvalue weighted by atomic mass is 9.85. The number of fused-ring (bicyclic) bond motifs is 3. The first-order valence-corrected chi connectivity index (χ1v) is 24.4. The zero-order valence-electron chi connectivity index (χ0n) is 40.1. The van der Waals surface area contributed by atoms with Crippen LogP contribution in [0.3, 0.4) is 0 Å². The van der Waals surface area contributed by atoms with Crippen molar-refractivity contribution < 1.29 is 24.6 Å². The molecule has 17 heteroatoms. The zero-order valence-corrected chi connectivity index (χ0v) is 40.1. The average Bonchev–Trinajstić information content (AvgIpc) is 3.93. The Bertz CT molecular complexity index is 2680. The molecular formula is C52H64N12O5. The molecule has 9 rings (SSSR count). The van der Waals surface area contributed by atoms with Gasteiger partial charge >= 0.3 is 6.03 Å². The highest BCUT2D eigenvalue weighted by Crippen LogP contribution is 2.38. The summed E-state index contributed by atoms with van der Waals surface area (Å²) in [4.78, 5) is 65.2. The highest BCUT2D eigenvalue weighted by molar-refractivity contribution is 5.93. The van der Waals surface area contributed by atoms with Crippen molar-refractivity contribution in [3.05, 3.63) is 89.4 Å². The maximum absolute atomic E-state index is 14.2. The Balaban J connectivity index is 0.754. The number of urea groups is 1. The fourth-order valence-electron chi connectivity index (χ4n) is 10.6. The first-order valence-electron chi connectivity index (χ1n) is 24.4. The molecule has 2 aromatic carbocycles. The van der Waals surface area contributed by atoms with E-state index < -0.39 is 23.6 Å². The Morgan fingerprint density at radius 3 is 2.33 bits per heavy atom. The number of phenolic OH excluding ortho intramolecular Hbond substituents is 1. The van der Waals surface area contributed by atoms with Gasteiger partial charge in [-0.05, 0) is 73.9 Å². The maximum Gasteiger partial charge on any atom is 0.318 e. The molecule has 0 bridgehead atoms. The van der Waals surface area contributed by atoms with E-state index in [1.165, 1.54) is 4.90 Å². The van der Waals surface area contributed by atoms with Crippen molar-refractivity contribution in [2.24, 2.45) is 5.41 Å². The number of amides is 4. The van der Waals surface area contributed by atoms with E-state index in [-0.39, 0.29) is 49.1 Å². The van der Waals surface area contributed by atoms with Crippen LogP contribution in [0.2, 0.25) is 0 Å². The molecule has 0 radical (unpaired) electrons. The number of β-amino-alcohol motifs (C(OH)–C–C–N with tert-alkyl or cyclic N) is 1. The number of aromatic amines is 1. The second-order valence-electron chi connectivity index (χ2n) is 20.0. The number of aromatic hydroxyl groups is 1. The number of para-hydroxylation sites is 1. The topological polar surface area (TPSA) is 199 Å². The van der Waals surface area contributed by atoms with Gasteiger partial charge in [0.2, 0.25) is 17.8 Å². The molecule has 3 fully saturated rings. The van der Waals surface area contributed by atoms with E-state index in [0.29, 0.717) is 36.3 Å². The predicted octanol–water partition coefficient (Wildman–Crippen LogP) is 4.99. The number of nitrogens with one attached hydrogen (secondary N) is 3. The molecule has 4 atom stereocenters. The van der Waals surface area contributed by atoms with Crippen LogP contribution >= 0.6 is 0 Å². The summed E-state index contributed by atoms with van der Waals surface area (Å²) in [6.07, 6.45) is 13.1. The number of rotatable bonds is 9. The number of carbonyl (C=O) groups is 3. The quantitative estimate of drug-likeness (QED) is 0.124. The van der Waals surface area contributed by atoms with E-state index in [2.05, 4.69) is 53.4 Å². The number of hydrogen-bond acceptors (Lipinski definition) is 12. The fraction of sp³-hybridized carbons (Fsp3) is 0.481. The van der Waals surface area contributed by atoms with Crippen molar-refractivity contribution in [3.63, 3.8) is 0 Å². The summed E-state index contributed by atoms with van der Waals surface area (Å²) in [5, 5.41) is 37.0. The molecule has 3 aromatic heterocycles. The van der Waals surface area contributed by atoms with Crippen LogP contribution < -0.4 is 20.4 Å². The lowest BCUT2D eigenvalue weighted by molar-refractivity contribution is -0.142. The third kappa shape index (κ3) is 10.2. The van der Waals surface area contributed by atoms with Gasteiger partial charge in [0.05, 0.1) is 35.9 Å². The smallest absolute Gasteiger partial charge is 0.318 e. The fourth-order valence-corrected chi connectivity index (χ4v) is 10.6. The van der Waals surface area contributed by atoms with Crippen molar-refractivity contribution in [3.8, 4) is 29.4 Å². The molecule has 5 N–H and O–H groups in total. The van der Waals surface area contributed by atoms with Crippen molar-refractivity contribution in [2.75, 3.05) is 62.2 Å². The van der Waals surface area contributed by atoms with Gasteiger partial charge in [-0.1, -0.05) is 51.0 Å². The number of likely N-dealkylation sites (tertiary alicyclic amines) is 2. The molecule has 4 aliphatic rings. The number of carbonyl (C=O) groups excluding carboxylic acids is 3. The molecule has 5 aromatic rings. The highest BCUT2D eigenvalue weighted by Gasteiger charge is 2.45. The predicted molar refractivity (Wildman–Crippen MR) is 264 cm³/mol. The van der Waals surface area contributed by atoms with Crippen molar-refractivity contribution in [1.29, 1.82) is 0 Å². The molecule has 4 aliphatic heterocycles. The number of H-pyrrole nitrogens is 1. The van der Waals surface area contributed by atoms with Gasteiger partial charge in [-0.25, -0.2) is 14.8 Å². The van der Waals surface area contributed by atoms with Crippen LogP contribution in [-0.4, -0.2) is 144 Å². The first-order chi connectivity index (χ1) is 33.2. The third-order valence-corrected chi connectivity index (χ3v) is 14.4. The lowest BCUT2D eigenvalue weighted by Crippen LogP contribution is -2.60. The molecule has 1 unspecified atom stereocenters. The van der Waals surface area contributed by atoms with Gasteiger partial charge in [-0.2, -0.15) is 0 Å². The van der Waals surface area contributed by atoms with E-state index in [0.717, 1.165) is 104 Å². The molecule has 17 nitrogen and oxygen atoms in total. The van der Waals surface area contributed by atoms with Crippen molar-refractivity contribution in [1.82, 2.24) is 50.5 Å². The van der Waals surface area contributed by atoms with Gasteiger partial charge in [-0.3, -0.25) is 9.59 Å². The summed E-state index contributed by atoms with van der Waals surface area (Å²) >= 11 is 0. The van der Waals surface area contributed by atoms with E-state index in [1.54, 1.807) is 29.2 Å². The molecule has 362 valence electrons. The van der Waals surface area contributed by atoms with E-state index in [1.807, 2.05) is 63.5 Å². The van der Waals surface area contributed by atoms with Crippen LogP contribution in [0.25, 0.3) is 22.3 Å². The molecule has 3 saturated heterocycles. The highest BCUT2D eigenvalue weighted by atomic mass is 16.3. The molecule has 4 amide bonds. The standard InChI is InChI=1S/C52H64N12O5/c1-6-34-13-15-35(16-14-34)29-53-48(67)43-27-38(65)32-64(43)49(68)46(52(3,4)5)57-51(69)62-24-17-36(18-25-62)60-20-9-22-61(23-10-21-60)37-30-54-50(55-31-37)63-26-19-41-45(33(63)2)40-28-42(58-59-47(40)56-41)39-11-7-8-12-44(39)66/h1,7-8,11-16,28,30-31,33,36,38,43,46,65-66H,9-10,17-27,29,32H2,2-5H3,(H,53,67)(H,56,59)(H,57,69)/t33?,38-,43+,46-/m1/s1. The van der Waals surface area contributed by atoms with Crippen LogP contribution in [0.4, 0.5) is 16.4 Å². The Morgan fingerprint density at radius 2 is 1.65 bits per heavy atom. The van der Waals surface area contributed by atoms with Gasteiger partial charge < -0.3 is 50.3 Å². The summed E-state index contributed by atoms with van der Waals surface area (Å²) < 4.78 is 0. The number of piperidine rings is 1. The Kier molecular flexibility index (Phi) is 13.8. The minimum atomic E-state index is -0.900. The third-order valence-electron chi connectivity index (χ3n) is 14.4. The molecule has 0 saturated carbocycles. The van der Waals surface area contributed by atoms with Gasteiger partial charge in [0, 0.05) is 106 Å². The van der Waals surface area contributed by atoms with Gasteiger partial charge in [-0.15, -0.1) is 16.6 Å². The Morgan fingerprint density at radius 1 is 0.942 bits per heavy atom. The van der Waals surface area contributed by atoms with Crippen LogP contribution in [0.5, 0.6) is 5.75 Å². The number of anilines is 2. The summed E-state index contributed by atoms with van der Waals surface area (Å²) in [6.45, 7) is 13.7. The van der Waals surface area contributed by atoms with E-state index in [4.69, 9.17) is 16.4 Å². The summed E-state index contributed by atoms with van der Waals surface area (Å²) in [7, 11) is 0. The summed E-state index contributed by atoms with van der Waals surface area (Å²) in [5.41, 5.74) is 6.25. The Labute approximate surface area is 403 Å². The van der Waals surface area contributed by atoms with Crippen LogP contribution in [0.1, 0.15) is 88.2 Å². The first kappa shape index (κ1) is 47.3. The van der Waals surface area contributed by atoms with E-state index >= 15 is 0 Å². The Hall–Kier alpha value is -6.77. The summed E-state index contributed by atoms with van der Waals surface area (Å²) in [6, 6.07) is 14.8. The number of benzene rings is 2. The molecular weight excluding hydrogens is 873 g/mol.